The maximum Gasteiger partial charge on any atom is 0.226 e. The number of hydrogen-bond acceptors (Lipinski definition) is 7. The van der Waals surface area contributed by atoms with Crippen LogP contribution in [-0.2, 0) is 6.54 Å². The van der Waals surface area contributed by atoms with Gasteiger partial charge in [0.25, 0.3) is 0 Å². The molecule has 0 atom stereocenters. The van der Waals surface area contributed by atoms with E-state index in [0.29, 0.717) is 29.8 Å². The molecule has 8 nitrogen and oxygen atoms in total. The Bertz CT molecular complexity index is 742. The van der Waals surface area contributed by atoms with E-state index in [1.807, 2.05) is 20.8 Å². The number of aryl methyl sites for hydroxylation is 2. The van der Waals surface area contributed by atoms with Crippen molar-refractivity contribution in [2.75, 3.05) is 17.2 Å². The van der Waals surface area contributed by atoms with Crippen molar-refractivity contribution in [2.24, 2.45) is 0 Å². The summed E-state index contributed by atoms with van der Waals surface area (Å²) in [7, 11) is 0. The van der Waals surface area contributed by atoms with Gasteiger partial charge in [-0.2, -0.15) is 9.97 Å². The SMILES string of the molecule is CCNc1nc(NCc2nc(C)c(C)o2)c2[nH]cnc2n1. The fourth-order valence-electron chi connectivity index (χ4n) is 1.97. The van der Waals surface area contributed by atoms with Gasteiger partial charge in [0.2, 0.25) is 11.8 Å². The molecule has 3 aromatic rings. The predicted octanol–water partition coefficient (Wildman–Crippen LogP) is 2.00. The Morgan fingerprint density at radius 1 is 1.19 bits per heavy atom. The van der Waals surface area contributed by atoms with E-state index in [1.165, 1.54) is 0 Å². The minimum atomic E-state index is 0.450. The number of nitrogens with one attached hydrogen (secondary N) is 3. The Morgan fingerprint density at radius 3 is 2.76 bits per heavy atom. The van der Waals surface area contributed by atoms with Crippen molar-refractivity contribution in [2.45, 2.75) is 27.3 Å². The highest BCUT2D eigenvalue weighted by molar-refractivity contribution is 5.83. The van der Waals surface area contributed by atoms with Crippen LogP contribution < -0.4 is 10.6 Å². The molecule has 21 heavy (non-hydrogen) atoms. The molecule has 0 saturated heterocycles. The lowest BCUT2D eigenvalue weighted by atomic mass is 10.4. The van der Waals surface area contributed by atoms with Crippen molar-refractivity contribution < 1.29 is 4.42 Å². The third kappa shape index (κ3) is 2.64. The van der Waals surface area contributed by atoms with Gasteiger partial charge in [0.15, 0.2) is 11.5 Å². The van der Waals surface area contributed by atoms with Crippen molar-refractivity contribution in [3.63, 3.8) is 0 Å². The van der Waals surface area contributed by atoms with Crippen LogP contribution in [0.3, 0.4) is 0 Å². The zero-order valence-corrected chi connectivity index (χ0v) is 12.2. The summed E-state index contributed by atoms with van der Waals surface area (Å²) in [5.41, 5.74) is 2.27. The number of rotatable bonds is 5. The summed E-state index contributed by atoms with van der Waals surface area (Å²) < 4.78 is 5.55. The molecule has 8 heteroatoms. The Hall–Kier alpha value is -2.64. The molecule has 0 amide bonds. The fraction of sp³-hybridized carbons (Fsp3) is 0.385. The molecule has 3 aromatic heterocycles. The van der Waals surface area contributed by atoms with Crippen LogP contribution >= 0.6 is 0 Å². The zero-order chi connectivity index (χ0) is 14.8. The van der Waals surface area contributed by atoms with Crippen molar-refractivity contribution >= 4 is 22.9 Å². The summed E-state index contributed by atoms with van der Waals surface area (Å²) >= 11 is 0. The first-order chi connectivity index (χ1) is 10.2. The highest BCUT2D eigenvalue weighted by Crippen LogP contribution is 2.19. The number of anilines is 2. The van der Waals surface area contributed by atoms with Crippen LogP contribution in [-0.4, -0.2) is 31.5 Å². The number of aromatic nitrogens is 5. The van der Waals surface area contributed by atoms with Crippen LogP contribution in [0.15, 0.2) is 10.7 Å². The first-order valence-electron chi connectivity index (χ1n) is 6.79. The van der Waals surface area contributed by atoms with Crippen LogP contribution in [0.4, 0.5) is 11.8 Å². The fourth-order valence-corrected chi connectivity index (χ4v) is 1.97. The summed E-state index contributed by atoms with van der Waals surface area (Å²) in [6, 6.07) is 0. The molecule has 0 fully saturated rings. The highest BCUT2D eigenvalue weighted by atomic mass is 16.4. The number of imidazole rings is 1. The van der Waals surface area contributed by atoms with E-state index in [4.69, 9.17) is 4.42 Å². The number of nitrogens with zero attached hydrogens (tertiary/aromatic N) is 4. The van der Waals surface area contributed by atoms with E-state index in [0.717, 1.165) is 23.5 Å². The standard InChI is InChI=1S/C13H17N7O/c1-4-14-13-19-11(10-12(20-13)17-6-16-10)15-5-9-18-7(2)8(3)21-9/h6H,4-5H2,1-3H3,(H3,14,15,16,17,19,20). The molecule has 3 N–H and O–H groups in total. The lowest BCUT2D eigenvalue weighted by molar-refractivity contribution is 0.478. The van der Waals surface area contributed by atoms with E-state index in [-0.39, 0.29) is 0 Å². The largest absolute Gasteiger partial charge is 0.444 e. The molecule has 0 unspecified atom stereocenters. The van der Waals surface area contributed by atoms with E-state index < -0.39 is 0 Å². The lowest BCUT2D eigenvalue weighted by Gasteiger charge is -2.07. The minimum absolute atomic E-state index is 0.450. The maximum atomic E-state index is 5.55. The minimum Gasteiger partial charge on any atom is -0.444 e. The molecule has 110 valence electrons. The number of H-pyrrole nitrogens is 1. The second kappa shape index (κ2) is 5.39. The molecule has 0 saturated carbocycles. The van der Waals surface area contributed by atoms with Crippen LogP contribution in [0.1, 0.15) is 24.3 Å². The van der Waals surface area contributed by atoms with Crippen molar-refractivity contribution in [1.82, 2.24) is 24.9 Å². The monoisotopic (exact) mass is 287 g/mol. The molecule has 0 aliphatic rings. The van der Waals surface area contributed by atoms with E-state index in [1.54, 1.807) is 6.33 Å². The zero-order valence-electron chi connectivity index (χ0n) is 12.2. The molecule has 3 rings (SSSR count). The number of hydrogen-bond donors (Lipinski definition) is 3. The first kappa shape index (κ1) is 13.3. The topological polar surface area (TPSA) is 105 Å². The summed E-state index contributed by atoms with van der Waals surface area (Å²) in [4.78, 5) is 20.3. The second-order valence-corrected chi connectivity index (χ2v) is 4.63. The van der Waals surface area contributed by atoms with Crippen molar-refractivity contribution in [3.8, 4) is 0 Å². The van der Waals surface area contributed by atoms with Gasteiger partial charge in [-0.25, -0.2) is 9.97 Å². The van der Waals surface area contributed by atoms with Gasteiger partial charge in [-0.15, -0.1) is 0 Å². The summed E-state index contributed by atoms with van der Waals surface area (Å²) in [6.07, 6.45) is 1.60. The van der Waals surface area contributed by atoms with Crippen LogP contribution in [0.2, 0.25) is 0 Å². The third-order valence-corrected chi connectivity index (χ3v) is 3.10. The van der Waals surface area contributed by atoms with Gasteiger partial charge in [0, 0.05) is 6.54 Å². The maximum absolute atomic E-state index is 5.55. The van der Waals surface area contributed by atoms with Gasteiger partial charge in [0.05, 0.1) is 18.6 Å². The predicted molar refractivity (Wildman–Crippen MR) is 79.2 cm³/mol. The van der Waals surface area contributed by atoms with Gasteiger partial charge >= 0.3 is 0 Å². The smallest absolute Gasteiger partial charge is 0.226 e. The highest BCUT2D eigenvalue weighted by Gasteiger charge is 2.11. The molecule has 0 spiro atoms. The second-order valence-electron chi connectivity index (χ2n) is 4.63. The Morgan fingerprint density at radius 2 is 2.05 bits per heavy atom. The number of oxazole rings is 1. The average molecular weight is 287 g/mol. The average Bonchev–Trinajstić information content (AvgIpc) is 3.04. The third-order valence-electron chi connectivity index (χ3n) is 3.10. The van der Waals surface area contributed by atoms with E-state index in [2.05, 4.69) is 35.6 Å². The van der Waals surface area contributed by atoms with Crippen LogP contribution in [0, 0.1) is 13.8 Å². The Balaban J connectivity index is 1.86. The lowest BCUT2D eigenvalue weighted by Crippen LogP contribution is -2.07. The summed E-state index contributed by atoms with van der Waals surface area (Å²) in [6.45, 7) is 7.00. The quantitative estimate of drug-likeness (QED) is 0.659. The molecule has 0 aromatic carbocycles. The molecule has 0 radical (unpaired) electrons. The van der Waals surface area contributed by atoms with Crippen LogP contribution in [0.25, 0.3) is 11.2 Å². The van der Waals surface area contributed by atoms with Gasteiger partial charge < -0.3 is 20.0 Å². The van der Waals surface area contributed by atoms with Gasteiger partial charge in [-0.3, -0.25) is 0 Å². The van der Waals surface area contributed by atoms with E-state index >= 15 is 0 Å². The summed E-state index contributed by atoms with van der Waals surface area (Å²) in [5, 5.41) is 6.30. The summed E-state index contributed by atoms with van der Waals surface area (Å²) in [5.74, 6) is 2.66. The molecular formula is C13H17N7O. The molecule has 0 aliphatic heterocycles. The first-order valence-corrected chi connectivity index (χ1v) is 6.79. The van der Waals surface area contributed by atoms with Crippen molar-refractivity contribution in [1.29, 1.82) is 0 Å². The van der Waals surface area contributed by atoms with Crippen LogP contribution in [0.5, 0.6) is 0 Å². The van der Waals surface area contributed by atoms with Gasteiger partial charge in [-0.1, -0.05) is 0 Å². The van der Waals surface area contributed by atoms with Gasteiger partial charge in [-0.05, 0) is 20.8 Å². The van der Waals surface area contributed by atoms with Crippen molar-refractivity contribution in [3.05, 3.63) is 23.7 Å². The molecular weight excluding hydrogens is 270 g/mol. The molecule has 0 bridgehead atoms. The molecule has 3 heterocycles. The molecule has 0 aliphatic carbocycles. The van der Waals surface area contributed by atoms with E-state index in [9.17, 15) is 0 Å². The normalized spacial score (nSPS) is 11.0. The number of aromatic amines is 1. The Labute approximate surface area is 121 Å². The Kier molecular flexibility index (Phi) is 3.43. The van der Waals surface area contributed by atoms with Gasteiger partial charge in [0.1, 0.15) is 11.3 Å². The number of fused-ring (bicyclic) bond motifs is 1.